The first-order valence-corrected chi connectivity index (χ1v) is 9.64. The van der Waals surface area contributed by atoms with Crippen molar-refractivity contribution < 1.29 is 37.7 Å². The predicted octanol–water partition coefficient (Wildman–Crippen LogP) is 1.19. The summed E-state index contributed by atoms with van der Waals surface area (Å²) < 4.78 is 31.7. The third-order valence-corrected chi connectivity index (χ3v) is 4.96. The number of aromatic nitrogens is 1. The highest BCUT2D eigenvalue weighted by atomic mass is 19.4. The molecule has 3 atom stereocenters. The van der Waals surface area contributed by atoms with E-state index in [0.29, 0.717) is 25.9 Å². The van der Waals surface area contributed by atoms with Crippen molar-refractivity contribution in [3.63, 3.8) is 0 Å². The fourth-order valence-corrected chi connectivity index (χ4v) is 3.38. The van der Waals surface area contributed by atoms with Crippen LogP contribution in [0.1, 0.15) is 19.3 Å². The topological polar surface area (TPSA) is 205 Å². The molecule has 3 N–H and O–H groups in total. The molecule has 0 bridgehead atoms. The number of hydrogen-bond donors (Lipinski definition) is 3. The van der Waals surface area contributed by atoms with Gasteiger partial charge in [-0.25, -0.2) is 9.78 Å². The minimum Gasteiger partial charge on any atom is -0.475 e. The zero-order chi connectivity index (χ0) is 25.6. The van der Waals surface area contributed by atoms with Crippen LogP contribution in [0.5, 0.6) is 0 Å². The first-order valence-electron chi connectivity index (χ1n) is 9.64. The predicted molar refractivity (Wildman–Crippen MR) is 105 cm³/mol. The van der Waals surface area contributed by atoms with Crippen LogP contribution in [-0.2, 0) is 9.59 Å². The van der Waals surface area contributed by atoms with Crippen LogP contribution in [0.25, 0.3) is 0 Å². The standard InChI is InChI=1S/C15H17N7O5.C2HF3O2/c16-6-10-2-1-3-20(10)15(23)12-4-9(7-17-12)19-14-13(22(26)27)5-11(8-18-14)21(24)25;3-2(4,5)1(6)7/h5,8-10,12,17H,1-4,7H2,(H,18,19);(H,6,7)/t9-,10-,12-;/m0./s1. The van der Waals surface area contributed by atoms with E-state index in [0.717, 1.165) is 18.7 Å². The summed E-state index contributed by atoms with van der Waals surface area (Å²) in [7, 11) is 0. The number of aliphatic carboxylic acids is 1. The lowest BCUT2D eigenvalue weighted by Gasteiger charge is -2.23. The molecule has 1 aromatic rings. The number of nitro groups is 2. The molecule has 2 fully saturated rings. The van der Waals surface area contributed by atoms with Gasteiger partial charge in [0.05, 0.1) is 28.0 Å². The molecular weight excluding hydrogens is 471 g/mol. The van der Waals surface area contributed by atoms with E-state index in [1.54, 1.807) is 4.90 Å². The lowest BCUT2D eigenvalue weighted by molar-refractivity contribution is -0.394. The molecular formula is C17H18F3N7O7. The maximum Gasteiger partial charge on any atom is 0.490 e. The zero-order valence-electron chi connectivity index (χ0n) is 17.2. The summed E-state index contributed by atoms with van der Waals surface area (Å²) in [5.74, 6) is -3.00. The van der Waals surface area contributed by atoms with Gasteiger partial charge in [-0.15, -0.1) is 0 Å². The van der Waals surface area contributed by atoms with Crippen molar-refractivity contribution in [2.24, 2.45) is 0 Å². The summed E-state index contributed by atoms with van der Waals surface area (Å²) in [6.07, 6.45) is -2.32. The van der Waals surface area contributed by atoms with E-state index in [1.165, 1.54) is 0 Å². The van der Waals surface area contributed by atoms with Crippen molar-refractivity contribution in [2.45, 2.75) is 43.6 Å². The summed E-state index contributed by atoms with van der Waals surface area (Å²) >= 11 is 0. The molecule has 0 saturated carbocycles. The van der Waals surface area contributed by atoms with Gasteiger partial charge in [-0.2, -0.15) is 18.4 Å². The van der Waals surface area contributed by atoms with Gasteiger partial charge in [-0.3, -0.25) is 25.0 Å². The Bertz CT molecular complexity index is 1010. The van der Waals surface area contributed by atoms with Crippen LogP contribution < -0.4 is 10.6 Å². The Kier molecular flexibility index (Phi) is 8.24. The molecule has 0 radical (unpaired) electrons. The van der Waals surface area contributed by atoms with Gasteiger partial charge >= 0.3 is 17.8 Å². The fraction of sp³-hybridized carbons (Fsp3) is 0.529. The number of carbonyl (C=O) groups is 2. The van der Waals surface area contributed by atoms with E-state index in [4.69, 9.17) is 15.2 Å². The molecule has 1 aromatic heterocycles. The third kappa shape index (κ3) is 6.48. The molecule has 0 aromatic carbocycles. The van der Waals surface area contributed by atoms with Crippen LogP contribution in [-0.4, -0.2) is 74.1 Å². The molecule has 34 heavy (non-hydrogen) atoms. The number of nitrogens with zero attached hydrogens (tertiary/aromatic N) is 5. The number of carboxylic acids is 1. The van der Waals surface area contributed by atoms with E-state index in [1.807, 2.05) is 0 Å². The summed E-state index contributed by atoms with van der Waals surface area (Å²) in [6, 6.07) is 1.76. The molecule has 17 heteroatoms. The van der Waals surface area contributed by atoms with Gasteiger partial charge in [-0.1, -0.05) is 0 Å². The van der Waals surface area contributed by atoms with Crippen molar-refractivity contribution in [1.82, 2.24) is 15.2 Å². The molecule has 0 spiro atoms. The average Bonchev–Trinajstić information content (AvgIpc) is 3.42. The normalized spacial score (nSPS) is 21.7. The Morgan fingerprint density at radius 1 is 1.32 bits per heavy atom. The number of rotatable bonds is 5. The fourth-order valence-electron chi connectivity index (χ4n) is 3.38. The summed E-state index contributed by atoms with van der Waals surface area (Å²) in [6.45, 7) is 0.917. The van der Waals surface area contributed by atoms with E-state index < -0.39 is 45.5 Å². The quantitative estimate of drug-likeness (QED) is 0.395. The van der Waals surface area contributed by atoms with Crippen molar-refractivity contribution in [3.05, 3.63) is 32.5 Å². The molecule has 3 heterocycles. The number of hydrogen-bond acceptors (Lipinski definition) is 10. The Morgan fingerprint density at radius 2 is 1.97 bits per heavy atom. The van der Waals surface area contributed by atoms with Crippen molar-refractivity contribution in [3.8, 4) is 6.07 Å². The molecule has 14 nitrogen and oxygen atoms in total. The van der Waals surface area contributed by atoms with E-state index in [-0.39, 0.29) is 17.8 Å². The maximum atomic E-state index is 12.6. The largest absolute Gasteiger partial charge is 0.490 e. The Morgan fingerprint density at radius 3 is 2.50 bits per heavy atom. The molecule has 0 unspecified atom stereocenters. The molecule has 3 rings (SSSR count). The summed E-state index contributed by atoms with van der Waals surface area (Å²) in [4.78, 5) is 47.3. The summed E-state index contributed by atoms with van der Waals surface area (Å²) in [5.41, 5.74) is -0.968. The minimum atomic E-state index is -5.08. The van der Waals surface area contributed by atoms with E-state index >= 15 is 0 Å². The number of nitriles is 1. The number of nitrogens with one attached hydrogen (secondary N) is 2. The first-order chi connectivity index (χ1) is 15.8. The Labute approximate surface area is 188 Å². The number of amides is 1. The number of carboxylic acid groups (broad SMARTS) is 1. The highest BCUT2D eigenvalue weighted by Crippen LogP contribution is 2.28. The van der Waals surface area contributed by atoms with E-state index in [9.17, 15) is 38.2 Å². The molecule has 1 amide bonds. The van der Waals surface area contributed by atoms with E-state index in [2.05, 4.69) is 21.7 Å². The van der Waals surface area contributed by atoms with Crippen molar-refractivity contribution >= 4 is 29.1 Å². The van der Waals surface area contributed by atoms with Crippen molar-refractivity contribution in [1.29, 1.82) is 5.26 Å². The van der Waals surface area contributed by atoms with Gasteiger partial charge in [-0.05, 0) is 19.3 Å². The second kappa shape index (κ2) is 10.7. The number of likely N-dealkylation sites (tertiary alicyclic amines) is 1. The minimum absolute atomic E-state index is 0.0819. The smallest absolute Gasteiger partial charge is 0.475 e. The highest BCUT2D eigenvalue weighted by molar-refractivity contribution is 5.83. The van der Waals surface area contributed by atoms with Crippen LogP contribution >= 0.6 is 0 Å². The number of alkyl halides is 3. The lowest BCUT2D eigenvalue weighted by Crippen LogP contribution is -2.45. The summed E-state index contributed by atoms with van der Waals surface area (Å²) in [5, 5.41) is 44.1. The lowest BCUT2D eigenvalue weighted by atomic mass is 10.1. The SMILES string of the molecule is N#C[C@@H]1CCCN1C(=O)[C@@H]1C[C@H](Nc2ncc([N+](=O)[O-])cc2[N+](=O)[O-])CN1.O=C(O)C(F)(F)F. The molecule has 2 saturated heterocycles. The first kappa shape index (κ1) is 26.2. The molecule has 184 valence electrons. The maximum absolute atomic E-state index is 12.6. The van der Waals surface area contributed by atoms with Crippen LogP contribution in [0.3, 0.4) is 0 Å². The number of halogens is 3. The van der Waals surface area contributed by atoms with Gasteiger partial charge in [0.25, 0.3) is 5.69 Å². The van der Waals surface area contributed by atoms with Crippen LogP contribution in [0.4, 0.5) is 30.4 Å². The highest BCUT2D eigenvalue weighted by Gasteiger charge is 2.39. The van der Waals surface area contributed by atoms with Gasteiger partial charge in [0.2, 0.25) is 11.7 Å². The monoisotopic (exact) mass is 489 g/mol. The molecule has 0 aliphatic carbocycles. The van der Waals surface area contributed by atoms with Gasteiger partial charge in [0.1, 0.15) is 12.2 Å². The second-order valence-corrected chi connectivity index (χ2v) is 7.23. The average molecular weight is 489 g/mol. The number of carbonyl (C=O) groups excluding carboxylic acids is 1. The second-order valence-electron chi connectivity index (χ2n) is 7.23. The van der Waals surface area contributed by atoms with Gasteiger partial charge in [0.15, 0.2) is 0 Å². The Hall–Kier alpha value is -4.07. The Balaban J connectivity index is 0.000000509. The zero-order valence-corrected chi connectivity index (χ0v) is 17.2. The molecule has 2 aliphatic rings. The van der Waals surface area contributed by atoms with Gasteiger partial charge < -0.3 is 20.6 Å². The molecule has 2 aliphatic heterocycles. The number of anilines is 1. The van der Waals surface area contributed by atoms with Crippen molar-refractivity contribution in [2.75, 3.05) is 18.4 Å². The number of pyridine rings is 1. The van der Waals surface area contributed by atoms with Crippen LogP contribution in [0, 0.1) is 31.6 Å². The van der Waals surface area contributed by atoms with Crippen LogP contribution in [0.15, 0.2) is 12.3 Å². The van der Waals surface area contributed by atoms with Gasteiger partial charge in [0, 0.05) is 19.1 Å². The van der Waals surface area contributed by atoms with Crippen LogP contribution in [0.2, 0.25) is 0 Å². The third-order valence-electron chi connectivity index (χ3n) is 4.96.